The van der Waals surface area contributed by atoms with Gasteiger partial charge in [0.15, 0.2) is 0 Å². The average molecular weight is 356 g/mol. The van der Waals surface area contributed by atoms with Crippen LogP contribution in [-0.2, 0) is 19.6 Å². The second-order valence-electron chi connectivity index (χ2n) is 6.12. The highest BCUT2D eigenvalue weighted by molar-refractivity contribution is 7.89. The molecule has 2 fully saturated rings. The van der Waals surface area contributed by atoms with Crippen LogP contribution < -0.4 is 5.32 Å². The molecule has 0 saturated carbocycles. The number of carbonyl (C=O) groups excluding carboxylic acids is 1. The van der Waals surface area contributed by atoms with Crippen LogP contribution >= 0.6 is 0 Å². The molecule has 1 atom stereocenters. The molecule has 2 saturated heterocycles. The summed E-state index contributed by atoms with van der Waals surface area (Å²) in [5, 5.41) is 2.94. The minimum atomic E-state index is -3.81. The maximum Gasteiger partial charge on any atom is 0.243 e. The van der Waals surface area contributed by atoms with E-state index in [-0.39, 0.29) is 16.8 Å². The topological polar surface area (TPSA) is 75.7 Å². The maximum absolute atomic E-state index is 13.0. The summed E-state index contributed by atoms with van der Waals surface area (Å²) in [5.41, 5.74) is 0. The number of sulfonamides is 1. The van der Waals surface area contributed by atoms with Crippen molar-refractivity contribution in [3.8, 4) is 0 Å². The average Bonchev–Trinajstić information content (AvgIpc) is 3.07. The summed E-state index contributed by atoms with van der Waals surface area (Å²) in [6, 6.07) is 4.01. The predicted molar refractivity (Wildman–Crippen MR) is 85.3 cm³/mol. The first kappa shape index (κ1) is 17.3. The number of carbonyl (C=O) groups is 1. The summed E-state index contributed by atoms with van der Waals surface area (Å²) in [6.07, 6.45) is 2.61. The van der Waals surface area contributed by atoms with E-state index < -0.39 is 21.9 Å². The number of nitrogens with one attached hydrogen (secondary N) is 1. The van der Waals surface area contributed by atoms with Crippen molar-refractivity contribution < 1.29 is 22.3 Å². The zero-order chi connectivity index (χ0) is 17.2. The smallest absolute Gasteiger partial charge is 0.243 e. The van der Waals surface area contributed by atoms with Gasteiger partial charge in [-0.15, -0.1) is 0 Å². The molecule has 24 heavy (non-hydrogen) atoms. The van der Waals surface area contributed by atoms with Crippen molar-refractivity contribution in [3.63, 3.8) is 0 Å². The minimum Gasteiger partial charge on any atom is -0.381 e. The molecule has 1 N–H and O–H groups in total. The first-order valence-corrected chi connectivity index (χ1v) is 9.58. The molecule has 6 nitrogen and oxygen atoms in total. The molecular weight excluding hydrogens is 335 g/mol. The number of benzene rings is 1. The third-order valence-corrected chi connectivity index (χ3v) is 6.42. The van der Waals surface area contributed by atoms with E-state index >= 15 is 0 Å². The first-order valence-electron chi connectivity index (χ1n) is 8.14. The highest BCUT2D eigenvalue weighted by Gasteiger charge is 2.40. The highest BCUT2D eigenvalue weighted by atomic mass is 32.2. The third-order valence-electron chi connectivity index (χ3n) is 4.49. The molecule has 1 amide bonds. The van der Waals surface area contributed by atoms with E-state index in [1.54, 1.807) is 0 Å². The monoisotopic (exact) mass is 356 g/mol. The molecule has 1 aromatic rings. The van der Waals surface area contributed by atoms with Gasteiger partial charge in [-0.25, -0.2) is 12.8 Å². The Kier molecular flexibility index (Phi) is 5.17. The van der Waals surface area contributed by atoms with Crippen LogP contribution in [0.3, 0.4) is 0 Å². The van der Waals surface area contributed by atoms with Crippen LogP contribution in [0.15, 0.2) is 29.2 Å². The minimum absolute atomic E-state index is 0.00895. The molecule has 132 valence electrons. The van der Waals surface area contributed by atoms with E-state index in [0.29, 0.717) is 32.6 Å². The SMILES string of the molecule is O=C(NC1CCOCC1)C1CCCN1S(=O)(=O)c1ccc(F)cc1. The molecule has 0 aliphatic carbocycles. The molecule has 0 radical (unpaired) electrons. The molecule has 2 heterocycles. The number of rotatable bonds is 4. The maximum atomic E-state index is 13.0. The molecule has 8 heteroatoms. The highest BCUT2D eigenvalue weighted by Crippen LogP contribution is 2.26. The lowest BCUT2D eigenvalue weighted by molar-refractivity contribution is -0.125. The number of hydrogen-bond donors (Lipinski definition) is 1. The Bertz CT molecular complexity index is 687. The van der Waals surface area contributed by atoms with Crippen LogP contribution in [0, 0.1) is 5.82 Å². The first-order chi connectivity index (χ1) is 11.5. The fourth-order valence-electron chi connectivity index (χ4n) is 3.17. The van der Waals surface area contributed by atoms with Gasteiger partial charge in [0.2, 0.25) is 15.9 Å². The molecule has 0 aromatic heterocycles. The molecule has 2 aliphatic heterocycles. The lowest BCUT2D eigenvalue weighted by atomic mass is 10.1. The van der Waals surface area contributed by atoms with Crippen LogP contribution in [0.5, 0.6) is 0 Å². The molecule has 2 aliphatic rings. The number of nitrogens with zero attached hydrogens (tertiary/aromatic N) is 1. The summed E-state index contributed by atoms with van der Waals surface area (Å²) >= 11 is 0. The molecule has 3 rings (SSSR count). The Labute approximate surface area is 141 Å². The van der Waals surface area contributed by atoms with Crippen molar-refractivity contribution >= 4 is 15.9 Å². The van der Waals surface area contributed by atoms with Gasteiger partial charge in [-0.1, -0.05) is 0 Å². The zero-order valence-corrected chi connectivity index (χ0v) is 14.1. The normalized spacial score (nSPS) is 23.3. The van der Waals surface area contributed by atoms with E-state index in [1.165, 1.54) is 16.4 Å². The molecular formula is C16H21FN2O4S. The fourth-order valence-corrected chi connectivity index (χ4v) is 4.83. The van der Waals surface area contributed by atoms with Crippen LogP contribution in [0.1, 0.15) is 25.7 Å². The van der Waals surface area contributed by atoms with Crippen molar-refractivity contribution in [3.05, 3.63) is 30.1 Å². The Morgan fingerprint density at radius 1 is 1.17 bits per heavy atom. The number of halogens is 1. The second kappa shape index (κ2) is 7.16. The Hall–Kier alpha value is -1.51. The van der Waals surface area contributed by atoms with Gasteiger partial charge in [0.05, 0.1) is 4.90 Å². The summed E-state index contributed by atoms with van der Waals surface area (Å²) < 4.78 is 45.0. The fraction of sp³-hybridized carbons (Fsp3) is 0.562. The molecule has 0 bridgehead atoms. The van der Waals surface area contributed by atoms with Gasteiger partial charge in [0.25, 0.3) is 0 Å². The van der Waals surface area contributed by atoms with E-state index in [2.05, 4.69) is 5.32 Å². The van der Waals surface area contributed by atoms with E-state index in [4.69, 9.17) is 4.74 Å². The quantitative estimate of drug-likeness (QED) is 0.882. The van der Waals surface area contributed by atoms with Gasteiger partial charge in [0, 0.05) is 25.8 Å². The number of amides is 1. The van der Waals surface area contributed by atoms with Gasteiger partial charge in [-0.2, -0.15) is 4.31 Å². The summed E-state index contributed by atoms with van der Waals surface area (Å²) in [4.78, 5) is 12.5. The third kappa shape index (κ3) is 3.60. The summed E-state index contributed by atoms with van der Waals surface area (Å²) in [6.45, 7) is 1.51. The van der Waals surface area contributed by atoms with Crippen molar-refractivity contribution in [1.82, 2.24) is 9.62 Å². The second-order valence-corrected chi connectivity index (χ2v) is 8.01. The summed E-state index contributed by atoms with van der Waals surface area (Å²) in [5.74, 6) is -0.755. The van der Waals surface area contributed by atoms with Gasteiger partial charge in [-0.05, 0) is 49.9 Å². The van der Waals surface area contributed by atoms with E-state index in [0.717, 1.165) is 25.0 Å². The van der Waals surface area contributed by atoms with Crippen molar-refractivity contribution in [2.24, 2.45) is 0 Å². The van der Waals surface area contributed by atoms with Crippen LogP contribution in [0.2, 0.25) is 0 Å². The Morgan fingerprint density at radius 2 is 1.83 bits per heavy atom. The van der Waals surface area contributed by atoms with E-state index in [9.17, 15) is 17.6 Å². The Morgan fingerprint density at radius 3 is 2.50 bits per heavy atom. The van der Waals surface area contributed by atoms with E-state index in [1.807, 2.05) is 0 Å². The van der Waals surface area contributed by atoms with Crippen molar-refractivity contribution in [1.29, 1.82) is 0 Å². The lowest BCUT2D eigenvalue weighted by Gasteiger charge is -2.28. The Balaban J connectivity index is 1.74. The lowest BCUT2D eigenvalue weighted by Crippen LogP contribution is -2.49. The number of hydrogen-bond acceptors (Lipinski definition) is 4. The van der Waals surface area contributed by atoms with Gasteiger partial charge in [0.1, 0.15) is 11.9 Å². The van der Waals surface area contributed by atoms with Crippen LogP contribution in [-0.4, -0.2) is 50.5 Å². The number of ether oxygens (including phenoxy) is 1. The van der Waals surface area contributed by atoms with Gasteiger partial charge < -0.3 is 10.1 Å². The molecule has 0 spiro atoms. The largest absolute Gasteiger partial charge is 0.381 e. The zero-order valence-electron chi connectivity index (χ0n) is 13.3. The van der Waals surface area contributed by atoms with Crippen LogP contribution in [0.4, 0.5) is 4.39 Å². The van der Waals surface area contributed by atoms with Gasteiger partial charge >= 0.3 is 0 Å². The summed E-state index contributed by atoms with van der Waals surface area (Å²) in [7, 11) is -3.81. The van der Waals surface area contributed by atoms with Crippen molar-refractivity contribution in [2.75, 3.05) is 19.8 Å². The molecule has 1 unspecified atom stereocenters. The standard InChI is InChI=1S/C16H21FN2O4S/c17-12-3-5-14(6-4-12)24(21,22)19-9-1-2-15(19)16(20)18-13-7-10-23-11-8-13/h3-6,13,15H,1-2,7-11H2,(H,18,20). The molecule has 1 aromatic carbocycles. The van der Waals surface area contributed by atoms with Crippen molar-refractivity contribution in [2.45, 2.75) is 42.7 Å². The van der Waals surface area contributed by atoms with Crippen LogP contribution in [0.25, 0.3) is 0 Å². The predicted octanol–water partition coefficient (Wildman–Crippen LogP) is 1.27. The van der Waals surface area contributed by atoms with Gasteiger partial charge in [-0.3, -0.25) is 4.79 Å².